The average Bonchev–Trinajstić information content (AvgIpc) is 2.09. The molecule has 5 nitrogen and oxygen atoms in total. The van der Waals surface area contributed by atoms with Crippen molar-refractivity contribution in [3.63, 3.8) is 0 Å². The average molecular weight is 228 g/mol. The molecule has 0 aromatic carbocycles. The molecule has 0 aromatic rings. The molecule has 0 unspecified atom stereocenters. The summed E-state index contributed by atoms with van der Waals surface area (Å²) in [5.74, 6) is -0.605. The lowest BCUT2D eigenvalue weighted by Gasteiger charge is -2.15. The van der Waals surface area contributed by atoms with Crippen molar-refractivity contribution in [2.24, 2.45) is 11.7 Å². The summed E-state index contributed by atoms with van der Waals surface area (Å²) in [6.07, 6.45) is 0.869. The molecule has 0 spiro atoms. The van der Waals surface area contributed by atoms with Gasteiger partial charge in [0, 0.05) is 12.8 Å². The number of carbonyl (C=O) groups excluding carboxylic acids is 3. The number of carbonyl (C=O) groups is 3. The Morgan fingerprint density at radius 1 is 1.25 bits per heavy atom. The van der Waals surface area contributed by atoms with E-state index in [1.165, 1.54) is 6.92 Å². The third-order valence-corrected chi connectivity index (χ3v) is 2.06. The van der Waals surface area contributed by atoms with E-state index in [-0.39, 0.29) is 30.4 Å². The maximum absolute atomic E-state index is 11.4. The van der Waals surface area contributed by atoms with Crippen molar-refractivity contribution in [2.45, 2.75) is 46.1 Å². The van der Waals surface area contributed by atoms with Gasteiger partial charge >= 0.3 is 0 Å². The normalized spacial score (nSPS) is 12.2. The Kier molecular flexibility index (Phi) is 6.37. The van der Waals surface area contributed by atoms with Crippen molar-refractivity contribution in [1.82, 2.24) is 5.32 Å². The van der Waals surface area contributed by atoms with Crippen molar-refractivity contribution in [2.75, 3.05) is 0 Å². The summed E-state index contributed by atoms with van der Waals surface area (Å²) in [4.78, 5) is 33.2. The highest BCUT2D eigenvalue weighted by Gasteiger charge is 2.18. The van der Waals surface area contributed by atoms with Gasteiger partial charge in [-0.2, -0.15) is 0 Å². The fraction of sp³-hybridized carbons (Fsp3) is 0.727. The molecule has 3 N–H and O–H groups in total. The highest BCUT2D eigenvalue weighted by atomic mass is 16.2. The Morgan fingerprint density at radius 3 is 2.19 bits per heavy atom. The second-order valence-corrected chi connectivity index (χ2v) is 4.36. The van der Waals surface area contributed by atoms with Gasteiger partial charge in [-0.05, 0) is 19.3 Å². The minimum absolute atomic E-state index is 0.0237. The summed E-state index contributed by atoms with van der Waals surface area (Å²) in [6, 6.07) is -0.741. The number of hydrogen-bond donors (Lipinski definition) is 2. The van der Waals surface area contributed by atoms with Gasteiger partial charge in [-0.1, -0.05) is 13.8 Å². The molecule has 0 heterocycles. The van der Waals surface area contributed by atoms with Gasteiger partial charge in [0.1, 0.15) is 11.8 Å². The lowest BCUT2D eigenvalue weighted by Crippen LogP contribution is -2.44. The molecule has 0 bridgehead atoms. The topological polar surface area (TPSA) is 89.3 Å². The van der Waals surface area contributed by atoms with Gasteiger partial charge in [0.05, 0.1) is 0 Å². The number of ketones is 1. The summed E-state index contributed by atoms with van der Waals surface area (Å²) in [5.41, 5.74) is 5.14. The van der Waals surface area contributed by atoms with E-state index in [0.29, 0.717) is 6.42 Å². The molecule has 92 valence electrons. The van der Waals surface area contributed by atoms with Crippen LogP contribution < -0.4 is 11.1 Å². The fourth-order valence-corrected chi connectivity index (χ4v) is 1.26. The number of nitrogens with two attached hydrogens (primary N) is 1. The highest BCUT2D eigenvalue weighted by Crippen LogP contribution is 2.02. The molecule has 0 aliphatic rings. The molecule has 0 aliphatic heterocycles. The second-order valence-electron chi connectivity index (χ2n) is 4.36. The lowest BCUT2D eigenvalue weighted by atomic mass is 10.1. The zero-order valence-corrected chi connectivity index (χ0v) is 10.1. The van der Waals surface area contributed by atoms with Gasteiger partial charge in [-0.25, -0.2) is 0 Å². The Bertz CT molecular complexity index is 274. The molecule has 1 atom stereocenters. The van der Waals surface area contributed by atoms with E-state index < -0.39 is 11.9 Å². The Balaban J connectivity index is 4.17. The van der Waals surface area contributed by atoms with Crippen molar-refractivity contribution < 1.29 is 14.4 Å². The van der Waals surface area contributed by atoms with Crippen LogP contribution in [0.15, 0.2) is 0 Å². The van der Waals surface area contributed by atoms with Crippen LogP contribution in [-0.4, -0.2) is 23.6 Å². The van der Waals surface area contributed by atoms with Crippen LogP contribution in [-0.2, 0) is 14.4 Å². The van der Waals surface area contributed by atoms with Crippen LogP contribution in [0.2, 0.25) is 0 Å². The van der Waals surface area contributed by atoms with Crippen LogP contribution in [0.4, 0.5) is 0 Å². The summed E-state index contributed by atoms with van der Waals surface area (Å²) in [7, 11) is 0. The third kappa shape index (κ3) is 6.98. The number of rotatable bonds is 7. The van der Waals surface area contributed by atoms with Gasteiger partial charge in [0.2, 0.25) is 11.8 Å². The molecule has 0 saturated heterocycles. The van der Waals surface area contributed by atoms with Gasteiger partial charge in [0.25, 0.3) is 0 Å². The van der Waals surface area contributed by atoms with Gasteiger partial charge in [-0.15, -0.1) is 0 Å². The first-order valence-corrected chi connectivity index (χ1v) is 5.41. The van der Waals surface area contributed by atoms with E-state index in [0.717, 1.165) is 0 Å². The van der Waals surface area contributed by atoms with Crippen molar-refractivity contribution in [1.29, 1.82) is 0 Å². The molecule has 0 saturated carbocycles. The van der Waals surface area contributed by atoms with Crippen molar-refractivity contribution in [3.05, 3.63) is 0 Å². The Morgan fingerprint density at radius 2 is 1.81 bits per heavy atom. The predicted molar refractivity (Wildman–Crippen MR) is 60.5 cm³/mol. The van der Waals surface area contributed by atoms with Crippen LogP contribution in [0.25, 0.3) is 0 Å². The molecule has 0 fully saturated rings. The highest BCUT2D eigenvalue weighted by molar-refractivity contribution is 5.87. The Hall–Kier alpha value is -1.39. The summed E-state index contributed by atoms with van der Waals surface area (Å²) < 4.78 is 0. The van der Waals surface area contributed by atoms with Crippen LogP contribution in [0.1, 0.15) is 40.0 Å². The summed E-state index contributed by atoms with van der Waals surface area (Å²) >= 11 is 0. The molecule has 2 amide bonds. The first-order valence-electron chi connectivity index (χ1n) is 5.41. The van der Waals surface area contributed by atoms with Crippen LogP contribution in [0, 0.1) is 5.92 Å². The molecule has 0 rings (SSSR count). The smallest absolute Gasteiger partial charge is 0.240 e. The van der Waals surface area contributed by atoms with E-state index in [2.05, 4.69) is 5.32 Å². The number of hydrogen-bond acceptors (Lipinski definition) is 3. The Labute approximate surface area is 95.8 Å². The maximum Gasteiger partial charge on any atom is 0.240 e. The summed E-state index contributed by atoms with van der Waals surface area (Å²) in [5, 5.41) is 2.54. The summed E-state index contributed by atoms with van der Waals surface area (Å²) in [6.45, 7) is 5.26. The maximum atomic E-state index is 11.4. The minimum atomic E-state index is -0.741. The third-order valence-electron chi connectivity index (χ3n) is 2.06. The predicted octanol–water partition coefficient (Wildman–Crippen LogP) is 0.372. The second kappa shape index (κ2) is 6.98. The number of nitrogens with one attached hydrogen (secondary N) is 1. The molecule has 5 heteroatoms. The van der Waals surface area contributed by atoms with Gasteiger partial charge < -0.3 is 15.8 Å². The van der Waals surface area contributed by atoms with E-state index in [4.69, 9.17) is 5.73 Å². The zero-order chi connectivity index (χ0) is 12.7. The molecular weight excluding hydrogens is 208 g/mol. The molecule has 0 radical (unpaired) electrons. The molecule has 16 heavy (non-hydrogen) atoms. The molecular formula is C11H20N2O3. The largest absolute Gasteiger partial charge is 0.368 e. The quantitative estimate of drug-likeness (QED) is 0.659. The zero-order valence-electron chi connectivity index (χ0n) is 10.1. The van der Waals surface area contributed by atoms with Crippen LogP contribution in [0.3, 0.4) is 0 Å². The number of Topliss-reactive ketones (excluding diaryl/α,β-unsaturated/α-hetero) is 1. The monoisotopic (exact) mass is 228 g/mol. The van der Waals surface area contributed by atoms with Gasteiger partial charge in [-0.3, -0.25) is 9.59 Å². The molecule has 0 aliphatic carbocycles. The first kappa shape index (κ1) is 14.6. The fourth-order valence-electron chi connectivity index (χ4n) is 1.26. The van der Waals surface area contributed by atoms with Crippen LogP contribution in [0.5, 0.6) is 0 Å². The van der Waals surface area contributed by atoms with Gasteiger partial charge in [0.15, 0.2) is 0 Å². The van der Waals surface area contributed by atoms with E-state index in [9.17, 15) is 14.4 Å². The van der Waals surface area contributed by atoms with Crippen LogP contribution >= 0.6 is 0 Å². The van der Waals surface area contributed by atoms with E-state index in [1.807, 2.05) is 13.8 Å². The minimum Gasteiger partial charge on any atom is -0.368 e. The van der Waals surface area contributed by atoms with E-state index in [1.54, 1.807) is 0 Å². The standard InChI is InChI=1S/C11H20N2O3/c1-7(2)6-10(15)13-9(11(12)16)5-4-8(3)14/h7,9H,4-6H2,1-3H3,(H2,12,16)(H,13,15)/t9-/m1/s1. The van der Waals surface area contributed by atoms with E-state index >= 15 is 0 Å². The SMILES string of the molecule is CC(=O)CC[C@@H](NC(=O)CC(C)C)C(N)=O. The first-order chi connectivity index (χ1) is 7.32. The number of primary amides is 1. The lowest BCUT2D eigenvalue weighted by molar-refractivity contribution is -0.128. The van der Waals surface area contributed by atoms with Crippen molar-refractivity contribution >= 4 is 17.6 Å². The number of amides is 2. The van der Waals surface area contributed by atoms with Crippen molar-refractivity contribution in [3.8, 4) is 0 Å². The molecule has 0 aromatic heterocycles.